The van der Waals surface area contributed by atoms with Crippen LogP contribution in [-0.2, 0) is 16.1 Å². The van der Waals surface area contributed by atoms with Gasteiger partial charge in [-0.15, -0.1) is 29.8 Å². The van der Waals surface area contributed by atoms with Gasteiger partial charge in [-0.25, -0.2) is 0 Å². The Balaban J connectivity index is 0.000000330. The first kappa shape index (κ1) is 52.2. The number of carbonyl (C=O) groups excluding carboxylic acids is 1. The van der Waals surface area contributed by atoms with Crippen molar-refractivity contribution in [1.29, 1.82) is 0 Å². The summed E-state index contributed by atoms with van der Waals surface area (Å²) in [5.74, 6) is 6.02. The van der Waals surface area contributed by atoms with Gasteiger partial charge in [0, 0.05) is 30.4 Å². The first-order valence-corrected chi connectivity index (χ1v) is 24.7. The summed E-state index contributed by atoms with van der Waals surface area (Å²) in [6.07, 6.45) is 30.2. The van der Waals surface area contributed by atoms with E-state index < -0.39 is 0 Å². The van der Waals surface area contributed by atoms with Crippen LogP contribution in [0, 0.1) is 51.8 Å². The van der Waals surface area contributed by atoms with E-state index in [4.69, 9.17) is 23.2 Å². The van der Waals surface area contributed by atoms with Crippen molar-refractivity contribution in [3.05, 3.63) is 96.7 Å². The number of carbonyl (C=O) groups is 1. The molecule has 1 saturated heterocycles. The molecule has 8 unspecified atom stereocenters. The van der Waals surface area contributed by atoms with Gasteiger partial charge in [-0.2, -0.15) is 0 Å². The highest BCUT2D eigenvalue weighted by atomic mass is 35.5. The summed E-state index contributed by atoms with van der Waals surface area (Å²) in [7, 11) is 0. The van der Waals surface area contributed by atoms with Crippen LogP contribution in [0.4, 0.5) is 4.39 Å². The van der Waals surface area contributed by atoms with E-state index >= 15 is 0 Å². The zero-order chi connectivity index (χ0) is 44.4. The number of alkyl halides is 3. The Morgan fingerprint density at radius 1 is 0.850 bits per heavy atom. The van der Waals surface area contributed by atoms with E-state index in [0.29, 0.717) is 41.2 Å². The van der Waals surface area contributed by atoms with Crippen molar-refractivity contribution >= 4 is 29.7 Å². The molecule has 1 aromatic rings. The van der Waals surface area contributed by atoms with Gasteiger partial charge in [0.1, 0.15) is 6.61 Å². The molecule has 0 aromatic heterocycles. The molecule has 3 nitrogen and oxygen atoms in total. The maximum absolute atomic E-state index is 13.3. The molecule has 0 spiro atoms. The van der Waals surface area contributed by atoms with Crippen molar-refractivity contribution in [2.45, 2.75) is 151 Å². The molecular formula is C54H84Cl2FNO2. The highest BCUT2D eigenvalue weighted by Crippen LogP contribution is 2.73. The van der Waals surface area contributed by atoms with Crippen LogP contribution in [0.5, 0.6) is 0 Å². The first-order chi connectivity index (χ1) is 28.9. The van der Waals surface area contributed by atoms with Gasteiger partial charge in [-0.05, 0) is 159 Å². The average Bonchev–Trinajstić information content (AvgIpc) is 4.03. The van der Waals surface area contributed by atoms with Crippen molar-refractivity contribution in [3.63, 3.8) is 0 Å². The van der Waals surface area contributed by atoms with Crippen LogP contribution in [0.2, 0.25) is 0 Å². The molecule has 0 bridgehead atoms. The smallest absolute Gasteiger partial charge is 0.293 e. The summed E-state index contributed by atoms with van der Waals surface area (Å²) in [5, 5.41) is 0. The molecule has 338 valence electrons. The zero-order valence-corrected chi connectivity index (χ0v) is 40.7. The van der Waals surface area contributed by atoms with Gasteiger partial charge in [0.2, 0.25) is 0 Å². The Bertz CT molecular complexity index is 1530. The van der Waals surface area contributed by atoms with Gasteiger partial charge >= 0.3 is 0 Å². The summed E-state index contributed by atoms with van der Waals surface area (Å²) in [6, 6.07) is 9.55. The number of halogens is 3. The van der Waals surface area contributed by atoms with Gasteiger partial charge in [0.05, 0.1) is 6.67 Å². The van der Waals surface area contributed by atoms with E-state index in [1.54, 1.807) is 23.3 Å². The fourth-order valence-corrected chi connectivity index (χ4v) is 13.5. The highest BCUT2D eigenvalue weighted by Gasteiger charge is 2.66. The van der Waals surface area contributed by atoms with E-state index in [2.05, 4.69) is 62.6 Å². The summed E-state index contributed by atoms with van der Waals surface area (Å²) < 4.78 is 17.8. The van der Waals surface area contributed by atoms with Crippen LogP contribution >= 0.6 is 23.2 Å². The topological polar surface area (TPSA) is 29.3 Å². The lowest BCUT2D eigenvalue weighted by atomic mass is 9.37. The Kier molecular flexibility index (Phi) is 22.0. The van der Waals surface area contributed by atoms with E-state index in [1.165, 1.54) is 77.3 Å². The fourth-order valence-electron chi connectivity index (χ4n) is 13.5. The van der Waals surface area contributed by atoms with Gasteiger partial charge in [0.25, 0.3) is 6.47 Å². The number of rotatable bonds is 8. The summed E-state index contributed by atoms with van der Waals surface area (Å²) in [5.41, 5.74) is 6.06. The first-order valence-electron chi connectivity index (χ1n) is 23.6. The summed E-state index contributed by atoms with van der Waals surface area (Å²) in [4.78, 5) is 12.7. The molecule has 60 heavy (non-hydrogen) atoms. The number of hydrogen-bond donors (Lipinski definition) is 0. The molecule has 0 N–H and O–H groups in total. The van der Waals surface area contributed by atoms with Crippen LogP contribution in [-0.4, -0.2) is 48.4 Å². The molecule has 6 aliphatic carbocycles. The van der Waals surface area contributed by atoms with E-state index in [0.717, 1.165) is 54.4 Å². The van der Waals surface area contributed by atoms with E-state index in [9.17, 15) is 9.18 Å². The molecule has 9 atom stereocenters. The second-order valence-corrected chi connectivity index (χ2v) is 19.9. The second-order valence-electron chi connectivity index (χ2n) is 19.1. The number of fused-ring (bicyclic) bond motifs is 7. The Morgan fingerprint density at radius 2 is 1.53 bits per heavy atom. The minimum Gasteiger partial charge on any atom is -0.463 e. The van der Waals surface area contributed by atoms with Crippen molar-refractivity contribution in [3.8, 4) is 0 Å². The zero-order valence-electron chi connectivity index (χ0n) is 39.1. The lowest BCUT2D eigenvalue weighted by Gasteiger charge is -2.68. The van der Waals surface area contributed by atoms with Crippen molar-refractivity contribution in [2.24, 2.45) is 51.8 Å². The minimum absolute atomic E-state index is 0.144. The molecule has 1 aromatic carbocycles. The van der Waals surface area contributed by atoms with Crippen LogP contribution in [0.1, 0.15) is 144 Å². The lowest BCUT2D eigenvalue weighted by Crippen LogP contribution is -2.62. The molecule has 6 heteroatoms. The molecule has 0 radical (unpaired) electrons. The third kappa shape index (κ3) is 12.1. The number of hydrogen-bond acceptors (Lipinski definition) is 3. The van der Waals surface area contributed by atoms with Crippen LogP contribution < -0.4 is 0 Å². The molecule has 4 saturated carbocycles. The summed E-state index contributed by atoms with van der Waals surface area (Å²) >= 11 is 10.1. The largest absolute Gasteiger partial charge is 0.463 e. The number of nitrogens with zero attached hydrogens (tertiary/aromatic N) is 1. The Labute approximate surface area is 377 Å². The normalized spacial score (nSPS) is 34.1. The van der Waals surface area contributed by atoms with Crippen molar-refractivity contribution < 1.29 is 13.9 Å². The van der Waals surface area contributed by atoms with Gasteiger partial charge in [-0.3, -0.25) is 14.1 Å². The maximum Gasteiger partial charge on any atom is 0.293 e. The molecular weight excluding hydrogens is 785 g/mol. The summed E-state index contributed by atoms with van der Waals surface area (Å²) in [6.45, 7) is 28.8. The number of benzene rings is 1. The SMILES string of the molecule is C=C/C=C\C.C=CC.CC.CC1(C)C(C2=CCC(CF)CC2)=CCC2(C)C1CCC1(C)C3CCC4(N5CC5)CCC[C@@H]4C3CCC12.ClCCCl.O=COCc1ccccc1. The van der Waals surface area contributed by atoms with E-state index in [-0.39, 0.29) is 18.0 Å². The number of allylic oxidation sites excluding steroid dienone is 8. The predicted octanol–water partition coefficient (Wildman–Crippen LogP) is 15.5. The van der Waals surface area contributed by atoms with Crippen LogP contribution in [0.25, 0.3) is 0 Å². The molecule has 1 heterocycles. The Hall–Kier alpha value is -2.14. The van der Waals surface area contributed by atoms with Crippen molar-refractivity contribution in [1.82, 2.24) is 4.90 Å². The highest BCUT2D eigenvalue weighted by molar-refractivity contribution is 6.25. The van der Waals surface area contributed by atoms with Crippen molar-refractivity contribution in [2.75, 3.05) is 31.5 Å². The predicted molar refractivity (Wildman–Crippen MR) is 258 cm³/mol. The van der Waals surface area contributed by atoms with Crippen LogP contribution in [0.15, 0.2) is 91.1 Å². The molecule has 8 rings (SSSR count). The average molecular weight is 869 g/mol. The standard InChI is InChI=1S/C34H52FN.C8H8O2.C5H8.C3H6.C2H4Cl2.C2H6/c1-31(2)26(24-9-7-23(22-35)8-10-24)13-17-33(4)29(31)15-18-32(3)27-14-19-34(36-20-21-36)16-5-6-28(34)25(27)11-12-30(32)33;9-7-10-6-8-4-2-1-3-5-8;1-3-5-4-2;1-3-2;3-1-2-4;1-2/h9,13,23,25,27-30H,5-8,10-12,14-22H2,1-4H3;1-5,7H,6H2;3-5H,1H2,2H3;3H,1H2,2H3;1-2H2;1-2H3/b;;5-4-;;;/t23?,25?,27?,28-,29?,30?,32?,33?,34?;;;;;/m1...../s1. The molecule has 1 aliphatic heterocycles. The quantitative estimate of drug-likeness (QED) is 0.0857. The lowest BCUT2D eigenvalue weighted by molar-refractivity contribution is -0.178. The Morgan fingerprint density at radius 3 is 2.07 bits per heavy atom. The van der Waals surface area contributed by atoms with Crippen LogP contribution in [0.3, 0.4) is 0 Å². The molecule has 7 aliphatic rings. The third-order valence-corrected chi connectivity index (χ3v) is 16.3. The van der Waals surface area contributed by atoms with Gasteiger partial charge in [0.15, 0.2) is 0 Å². The van der Waals surface area contributed by atoms with E-state index in [1.807, 2.05) is 70.2 Å². The third-order valence-electron chi connectivity index (χ3n) is 15.8. The number of ether oxygens (including phenoxy) is 1. The maximum atomic E-state index is 13.3. The monoisotopic (exact) mass is 868 g/mol. The minimum atomic E-state index is -0.144. The second kappa shape index (κ2) is 25.2. The van der Waals surface area contributed by atoms with Gasteiger partial charge < -0.3 is 4.74 Å². The molecule has 5 fully saturated rings. The van der Waals surface area contributed by atoms with Gasteiger partial charge in [-0.1, -0.05) is 121 Å². The fraction of sp³-hybridized carbons (Fsp3) is 0.685. The molecule has 0 amide bonds.